The molecule has 0 rings (SSSR count). The van der Waals surface area contributed by atoms with E-state index in [0.717, 1.165) is 0 Å². The highest BCUT2D eigenvalue weighted by Gasteiger charge is 2.38. The summed E-state index contributed by atoms with van der Waals surface area (Å²) in [4.78, 5) is 11.8. The normalized spacial score (nSPS) is 15.6. The van der Waals surface area contributed by atoms with E-state index in [1.165, 1.54) is 28.4 Å². The van der Waals surface area contributed by atoms with Gasteiger partial charge in [0.25, 0.3) is 0 Å². The van der Waals surface area contributed by atoms with Gasteiger partial charge in [-0.05, 0) is 27.7 Å². The zero-order chi connectivity index (χ0) is 16.0. The summed E-state index contributed by atoms with van der Waals surface area (Å²) < 4.78 is 30.9. The molecule has 0 aliphatic carbocycles. The Morgan fingerprint density at radius 2 is 1.00 bits per heavy atom. The second kappa shape index (κ2) is 7.78. The van der Waals surface area contributed by atoms with Crippen LogP contribution in [0.4, 0.5) is 4.79 Å². The molecular formula is C13H26O7. The first-order valence-corrected chi connectivity index (χ1v) is 6.27. The minimum Gasteiger partial charge on any atom is -0.426 e. The van der Waals surface area contributed by atoms with Crippen LogP contribution in [0.2, 0.25) is 0 Å². The van der Waals surface area contributed by atoms with Gasteiger partial charge in [0.15, 0.2) is 12.2 Å². The van der Waals surface area contributed by atoms with Crippen molar-refractivity contribution in [1.29, 1.82) is 0 Å². The van der Waals surface area contributed by atoms with Crippen molar-refractivity contribution in [1.82, 2.24) is 0 Å². The van der Waals surface area contributed by atoms with E-state index < -0.39 is 29.9 Å². The minimum atomic E-state index is -1.05. The van der Waals surface area contributed by atoms with Crippen LogP contribution in [0.5, 0.6) is 0 Å². The first-order valence-electron chi connectivity index (χ1n) is 6.27. The average molecular weight is 294 g/mol. The molecule has 20 heavy (non-hydrogen) atoms. The van der Waals surface area contributed by atoms with Gasteiger partial charge in [0, 0.05) is 28.4 Å². The lowest BCUT2D eigenvalue weighted by atomic mass is 10.2. The third kappa shape index (κ3) is 4.59. The van der Waals surface area contributed by atoms with Gasteiger partial charge in [0.2, 0.25) is 11.6 Å². The molecule has 0 bridgehead atoms. The third-order valence-electron chi connectivity index (χ3n) is 3.64. The van der Waals surface area contributed by atoms with Gasteiger partial charge in [-0.25, -0.2) is 4.79 Å². The second-order valence-electron chi connectivity index (χ2n) is 4.62. The van der Waals surface area contributed by atoms with Crippen molar-refractivity contribution in [3.63, 3.8) is 0 Å². The van der Waals surface area contributed by atoms with Gasteiger partial charge in [-0.15, -0.1) is 0 Å². The van der Waals surface area contributed by atoms with Crippen LogP contribution in [0.3, 0.4) is 0 Å². The van der Waals surface area contributed by atoms with Crippen LogP contribution in [0.25, 0.3) is 0 Å². The first-order chi connectivity index (χ1) is 9.19. The molecule has 0 aromatic rings. The van der Waals surface area contributed by atoms with Crippen molar-refractivity contribution >= 4 is 6.16 Å². The second-order valence-corrected chi connectivity index (χ2v) is 4.62. The molecule has 0 saturated heterocycles. The van der Waals surface area contributed by atoms with Crippen LogP contribution in [-0.2, 0) is 28.4 Å². The number of carbonyl (C=O) groups excluding carboxylic acids is 1. The van der Waals surface area contributed by atoms with Crippen LogP contribution in [0.1, 0.15) is 27.7 Å². The van der Waals surface area contributed by atoms with Gasteiger partial charge in [0.05, 0.1) is 0 Å². The Kier molecular flexibility index (Phi) is 7.43. The van der Waals surface area contributed by atoms with Crippen molar-refractivity contribution in [2.75, 3.05) is 28.4 Å². The molecule has 0 amide bonds. The highest BCUT2D eigenvalue weighted by atomic mass is 16.8. The maximum absolute atomic E-state index is 11.8. The standard InChI is InChI=1S/C13H26O7/c1-9(12(3,15-5)16-6)19-11(14)20-10(2)13(4,17-7)18-8/h9-10H,1-8H3. The lowest BCUT2D eigenvalue weighted by Gasteiger charge is -2.34. The predicted octanol–water partition coefficient (Wildman–Crippen LogP) is 1.93. The molecule has 0 radical (unpaired) electrons. The van der Waals surface area contributed by atoms with E-state index in [2.05, 4.69) is 0 Å². The molecule has 2 atom stereocenters. The van der Waals surface area contributed by atoms with Crippen molar-refractivity contribution in [3.05, 3.63) is 0 Å². The Labute approximate surface area is 120 Å². The molecule has 0 N–H and O–H groups in total. The zero-order valence-electron chi connectivity index (χ0n) is 13.5. The van der Waals surface area contributed by atoms with E-state index in [1.54, 1.807) is 27.7 Å². The molecule has 2 unspecified atom stereocenters. The minimum absolute atomic E-state index is 0.659. The molecule has 0 heterocycles. The van der Waals surface area contributed by atoms with E-state index in [-0.39, 0.29) is 0 Å². The number of rotatable bonds is 8. The van der Waals surface area contributed by atoms with E-state index in [0.29, 0.717) is 0 Å². The molecule has 0 aromatic carbocycles. The molecule has 0 aliphatic heterocycles. The topological polar surface area (TPSA) is 72.5 Å². The molecule has 7 heteroatoms. The fourth-order valence-electron chi connectivity index (χ4n) is 1.36. The lowest BCUT2D eigenvalue weighted by molar-refractivity contribution is -0.260. The van der Waals surface area contributed by atoms with Gasteiger partial charge in [-0.2, -0.15) is 0 Å². The monoisotopic (exact) mass is 294 g/mol. The van der Waals surface area contributed by atoms with Gasteiger partial charge in [-0.1, -0.05) is 0 Å². The molecule has 120 valence electrons. The summed E-state index contributed by atoms with van der Waals surface area (Å²) in [5.74, 6) is -2.10. The van der Waals surface area contributed by atoms with Crippen molar-refractivity contribution in [2.45, 2.75) is 51.5 Å². The highest BCUT2D eigenvalue weighted by molar-refractivity contribution is 5.60. The van der Waals surface area contributed by atoms with Crippen molar-refractivity contribution in [2.24, 2.45) is 0 Å². The summed E-state index contributed by atoms with van der Waals surface area (Å²) in [6.07, 6.45) is -2.17. The summed E-state index contributed by atoms with van der Waals surface area (Å²) in [5, 5.41) is 0. The van der Waals surface area contributed by atoms with Crippen molar-refractivity contribution in [3.8, 4) is 0 Å². The Bertz CT molecular complexity index is 269. The largest absolute Gasteiger partial charge is 0.509 e. The number of carbonyl (C=O) groups is 1. The van der Waals surface area contributed by atoms with E-state index in [4.69, 9.17) is 28.4 Å². The Morgan fingerprint density at radius 1 is 0.750 bits per heavy atom. The SMILES string of the molecule is COC(C)(OC)C(C)OC(=O)OC(C)C(C)(OC)OC. The van der Waals surface area contributed by atoms with Gasteiger partial charge in [0.1, 0.15) is 0 Å². The molecule has 0 aliphatic rings. The maximum Gasteiger partial charge on any atom is 0.509 e. The Morgan fingerprint density at radius 3 is 1.20 bits per heavy atom. The third-order valence-corrected chi connectivity index (χ3v) is 3.64. The highest BCUT2D eigenvalue weighted by Crippen LogP contribution is 2.22. The van der Waals surface area contributed by atoms with Gasteiger partial charge >= 0.3 is 6.16 Å². The van der Waals surface area contributed by atoms with Crippen LogP contribution in [-0.4, -0.2) is 58.4 Å². The fraction of sp³-hybridized carbons (Fsp3) is 0.923. The van der Waals surface area contributed by atoms with E-state index in [9.17, 15) is 4.79 Å². The molecule has 0 spiro atoms. The molecule has 7 nitrogen and oxygen atoms in total. The van der Waals surface area contributed by atoms with Crippen LogP contribution in [0, 0.1) is 0 Å². The Balaban J connectivity index is 4.58. The first kappa shape index (κ1) is 19.1. The summed E-state index contributed by atoms with van der Waals surface area (Å²) >= 11 is 0. The van der Waals surface area contributed by atoms with E-state index >= 15 is 0 Å². The van der Waals surface area contributed by atoms with Crippen LogP contribution >= 0.6 is 0 Å². The fourth-order valence-corrected chi connectivity index (χ4v) is 1.36. The van der Waals surface area contributed by atoms with Gasteiger partial charge < -0.3 is 28.4 Å². The molecule has 0 aromatic heterocycles. The van der Waals surface area contributed by atoms with Crippen LogP contribution < -0.4 is 0 Å². The summed E-state index contributed by atoms with van der Waals surface area (Å²) in [7, 11) is 5.85. The molecule has 0 saturated carbocycles. The number of ether oxygens (including phenoxy) is 6. The molecule has 0 fully saturated rings. The van der Waals surface area contributed by atoms with Crippen LogP contribution in [0.15, 0.2) is 0 Å². The quantitative estimate of drug-likeness (QED) is 0.500. The van der Waals surface area contributed by atoms with Gasteiger partial charge in [-0.3, -0.25) is 0 Å². The summed E-state index contributed by atoms with van der Waals surface area (Å²) in [6.45, 7) is 6.60. The van der Waals surface area contributed by atoms with E-state index in [1.807, 2.05) is 0 Å². The Hall–Kier alpha value is -0.890. The zero-order valence-corrected chi connectivity index (χ0v) is 13.5. The molecular weight excluding hydrogens is 268 g/mol. The predicted molar refractivity (Wildman–Crippen MR) is 71.3 cm³/mol. The van der Waals surface area contributed by atoms with Crippen molar-refractivity contribution < 1.29 is 33.2 Å². The summed E-state index contributed by atoms with van der Waals surface area (Å²) in [6, 6.07) is 0. The summed E-state index contributed by atoms with van der Waals surface area (Å²) in [5.41, 5.74) is 0. The average Bonchev–Trinajstić information content (AvgIpc) is 2.44. The number of methoxy groups -OCH3 is 4. The number of hydrogen-bond acceptors (Lipinski definition) is 7. The smallest absolute Gasteiger partial charge is 0.426 e. The maximum atomic E-state index is 11.8. The lowest BCUT2D eigenvalue weighted by Crippen LogP contribution is -2.47. The number of hydrogen-bond donors (Lipinski definition) is 0.